The van der Waals surface area contributed by atoms with Crippen LogP contribution in [0.5, 0.6) is 5.75 Å². The molecule has 0 saturated heterocycles. The van der Waals surface area contributed by atoms with E-state index in [1.807, 2.05) is 30.3 Å². The fraction of sp³-hybridized carbons (Fsp3) is 0.158. The largest absolute Gasteiger partial charge is 0.508 e. The first-order chi connectivity index (χ1) is 10.7. The summed E-state index contributed by atoms with van der Waals surface area (Å²) < 4.78 is 0. The topological polar surface area (TPSA) is 49.7 Å². The lowest BCUT2D eigenvalue weighted by Crippen LogP contribution is -1.96. The third-order valence-corrected chi connectivity index (χ3v) is 4.08. The van der Waals surface area contributed by atoms with Crippen LogP contribution in [-0.2, 0) is 11.5 Å². The molecule has 1 atom stereocenters. The minimum absolute atomic E-state index is 0.0275. The lowest BCUT2D eigenvalue weighted by Gasteiger charge is -2.14. The van der Waals surface area contributed by atoms with Gasteiger partial charge in [0.1, 0.15) is 12.4 Å². The first-order valence-corrected chi connectivity index (χ1v) is 7.26. The molecule has 0 aliphatic rings. The fourth-order valence-corrected chi connectivity index (χ4v) is 2.74. The molecule has 0 aliphatic heterocycles. The maximum absolute atomic E-state index is 9.91. The number of rotatable bonds is 4. The van der Waals surface area contributed by atoms with Crippen molar-refractivity contribution in [1.82, 2.24) is 0 Å². The Bertz CT molecular complexity index is 781. The third-order valence-electron chi connectivity index (χ3n) is 4.08. The Morgan fingerprint density at radius 2 is 1.68 bits per heavy atom. The first-order valence-electron chi connectivity index (χ1n) is 7.26. The number of phenols is 1. The standard InChI is InChI=1S/C19H18O3/c1-13(14-5-3-2-4-6-14)15-7-8-16-11-19(20)18(12-22-21)10-17(16)9-15/h2-11,13,20-21H,12H2,1H3. The van der Waals surface area contributed by atoms with Gasteiger partial charge in [-0.25, -0.2) is 4.89 Å². The van der Waals surface area contributed by atoms with Crippen molar-refractivity contribution in [1.29, 1.82) is 0 Å². The monoisotopic (exact) mass is 294 g/mol. The molecule has 0 saturated carbocycles. The minimum Gasteiger partial charge on any atom is -0.508 e. The Morgan fingerprint density at radius 1 is 0.909 bits per heavy atom. The van der Waals surface area contributed by atoms with Crippen LogP contribution >= 0.6 is 0 Å². The average molecular weight is 294 g/mol. The average Bonchev–Trinajstić information content (AvgIpc) is 2.55. The molecule has 0 fully saturated rings. The van der Waals surface area contributed by atoms with Gasteiger partial charge < -0.3 is 5.11 Å². The minimum atomic E-state index is -0.0275. The van der Waals surface area contributed by atoms with Crippen LogP contribution in [0.25, 0.3) is 10.8 Å². The molecule has 0 spiro atoms. The molecule has 3 nitrogen and oxygen atoms in total. The highest BCUT2D eigenvalue weighted by atomic mass is 17.1. The summed E-state index contributed by atoms with van der Waals surface area (Å²) in [6, 6.07) is 20.1. The maximum Gasteiger partial charge on any atom is 0.121 e. The SMILES string of the molecule is CC(c1ccccc1)c1ccc2cc(O)c(COO)cc2c1. The van der Waals surface area contributed by atoms with Crippen LogP contribution in [0.4, 0.5) is 0 Å². The number of fused-ring (bicyclic) bond motifs is 1. The van der Waals surface area contributed by atoms with Crippen LogP contribution in [-0.4, -0.2) is 10.4 Å². The van der Waals surface area contributed by atoms with Gasteiger partial charge in [0.2, 0.25) is 0 Å². The number of benzene rings is 3. The molecule has 2 N–H and O–H groups in total. The summed E-state index contributed by atoms with van der Waals surface area (Å²) in [7, 11) is 0. The summed E-state index contributed by atoms with van der Waals surface area (Å²) in [5.74, 6) is 0.419. The molecule has 0 radical (unpaired) electrons. The predicted molar refractivity (Wildman–Crippen MR) is 87.0 cm³/mol. The molecule has 112 valence electrons. The van der Waals surface area contributed by atoms with Crippen molar-refractivity contribution < 1.29 is 15.3 Å². The van der Waals surface area contributed by atoms with E-state index in [0.717, 1.165) is 10.8 Å². The Labute approximate surface area is 129 Å². The van der Waals surface area contributed by atoms with Crippen LogP contribution in [0.15, 0.2) is 60.7 Å². The number of hydrogen-bond acceptors (Lipinski definition) is 3. The van der Waals surface area contributed by atoms with E-state index in [0.29, 0.717) is 5.56 Å². The second-order valence-electron chi connectivity index (χ2n) is 5.49. The normalized spacial score (nSPS) is 12.5. The van der Waals surface area contributed by atoms with E-state index in [1.54, 1.807) is 6.07 Å². The van der Waals surface area contributed by atoms with Crippen LogP contribution in [0.3, 0.4) is 0 Å². The summed E-state index contributed by atoms with van der Waals surface area (Å²) in [4.78, 5) is 4.14. The summed E-state index contributed by atoms with van der Waals surface area (Å²) in [6.45, 7) is 2.15. The summed E-state index contributed by atoms with van der Waals surface area (Å²) in [5.41, 5.74) is 3.04. The Kier molecular flexibility index (Phi) is 4.09. The Morgan fingerprint density at radius 3 is 2.41 bits per heavy atom. The maximum atomic E-state index is 9.91. The van der Waals surface area contributed by atoms with Crippen molar-refractivity contribution in [3.8, 4) is 5.75 Å². The van der Waals surface area contributed by atoms with Crippen molar-refractivity contribution in [2.75, 3.05) is 0 Å². The molecule has 0 aliphatic carbocycles. The predicted octanol–water partition coefficient (Wildman–Crippen LogP) is 4.69. The molecule has 1 unspecified atom stereocenters. The second-order valence-corrected chi connectivity index (χ2v) is 5.49. The number of phenolic OH excluding ortho intramolecular Hbond substituents is 1. The number of hydrogen-bond donors (Lipinski definition) is 2. The highest BCUT2D eigenvalue weighted by Gasteiger charge is 2.10. The van der Waals surface area contributed by atoms with Crippen molar-refractivity contribution in [2.45, 2.75) is 19.4 Å². The molecule has 0 amide bonds. The van der Waals surface area contributed by atoms with Gasteiger partial charge in [-0.2, -0.15) is 0 Å². The fourth-order valence-electron chi connectivity index (χ4n) is 2.74. The molecular formula is C19H18O3. The molecule has 3 aromatic rings. The van der Waals surface area contributed by atoms with Crippen LogP contribution in [0.2, 0.25) is 0 Å². The van der Waals surface area contributed by atoms with Gasteiger partial charge in [-0.3, -0.25) is 5.26 Å². The smallest absolute Gasteiger partial charge is 0.121 e. The van der Waals surface area contributed by atoms with Gasteiger partial charge in [0, 0.05) is 11.5 Å². The quantitative estimate of drug-likeness (QED) is 0.542. The van der Waals surface area contributed by atoms with Crippen LogP contribution in [0.1, 0.15) is 29.5 Å². The van der Waals surface area contributed by atoms with E-state index >= 15 is 0 Å². The van der Waals surface area contributed by atoms with E-state index in [9.17, 15) is 5.11 Å². The van der Waals surface area contributed by atoms with E-state index in [-0.39, 0.29) is 18.3 Å². The molecule has 3 aromatic carbocycles. The Hall–Kier alpha value is -2.36. The van der Waals surface area contributed by atoms with Gasteiger partial charge in [-0.1, -0.05) is 55.5 Å². The first kappa shape index (κ1) is 14.6. The molecule has 0 bridgehead atoms. The molecule has 3 rings (SSSR count). The lowest BCUT2D eigenvalue weighted by molar-refractivity contribution is -0.253. The van der Waals surface area contributed by atoms with E-state index in [4.69, 9.17) is 5.26 Å². The summed E-state index contributed by atoms with van der Waals surface area (Å²) >= 11 is 0. The number of aromatic hydroxyl groups is 1. The zero-order valence-corrected chi connectivity index (χ0v) is 12.4. The summed E-state index contributed by atoms with van der Waals surface area (Å²) in [5, 5.41) is 20.5. The lowest BCUT2D eigenvalue weighted by atomic mass is 9.91. The van der Waals surface area contributed by atoms with E-state index < -0.39 is 0 Å². The van der Waals surface area contributed by atoms with E-state index in [2.05, 4.69) is 36.1 Å². The van der Waals surface area contributed by atoms with Gasteiger partial charge in [0.15, 0.2) is 0 Å². The summed E-state index contributed by atoms with van der Waals surface area (Å²) in [6.07, 6.45) is 0. The van der Waals surface area contributed by atoms with Gasteiger partial charge in [-0.15, -0.1) is 0 Å². The molecule has 0 aromatic heterocycles. The second kappa shape index (κ2) is 6.18. The van der Waals surface area contributed by atoms with Crippen LogP contribution < -0.4 is 0 Å². The zero-order valence-electron chi connectivity index (χ0n) is 12.4. The van der Waals surface area contributed by atoms with Crippen LogP contribution in [0, 0.1) is 0 Å². The van der Waals surface area contributed by atoms with Crippen molar-refractivity contribution in [3.05, 3.63) is 77.4 Å². The van der Waals surface area contributed by atoms with Crippen molar-refractivity contribution in [2.24, 2.45) is 0 Å². The van der Waals surface area contributed by atoms with Crippen molar-refractivity contribution >= 4 is 10.8 Å². The highest BCUT2D eigenvalue weighted by molar-refractivity contribution is 5.85. The molecule has 0 heterocycles. The molecule has 3 heteroatoms. The van der Waals surface area contributed by atoms with Gasteiger partial charge >= 0.3 is 0 Å². The van der Waals surface area contributed by atoms with E-state index in [1.165, 1.54) is 11.1 Å². The molecule has 22 heavy (non-hydrogen) atoms. The Balaban J connectivity index is 2.03. The van der Waals surface area contributed by atoms with Gasteiger partial charge in [0.05, 0.1) is 0 Å². The van der Waals surface area contributed by atoms with Gasteiger partial charge in [-0.05, 0) is 34.0 Å². The zero-order chi connectivity index (χ0) is 15.5. The van der Waals surface area contributed by atoms with Crippen molar-refractivity contribution in [3.63, 3.8) is 0 Å². The van der Waals surface area contributed by atoms with Gasteiger partial charge in [0.25, 0.3) is 0 Å². The molecular weight excluding hydrogens is 276 g/mol. The highest BCUT2D eigenvalue weighted by Crippen LogP contribution is 2.30. The third kappa shape index (κ3) is 2.82.